The van der Waals surface area contributed by atoms with Gasteiger partial charge in [-0.25, -0.2) is 9.37 Å². The molecule has 1 atom stereocenters. The van der Waals surface area contributed by atoms with E-state index in [1.165, 1.54) is 6.07 Å². The minimum Gasteiger partial charge on any atom is -0.481 e. The predicted molar refractivity (Wildman–Crippen MR) is 68.8 cm³/mol. The molecule has 5 nitrogen and oxygen atoms in total. The van der Waals surface area contributed by atoms with E-state index in [0.29, 0.717) is 17.9 Å². The van der Waals surface area contributed by atoms with Gasteiger partial charge in [0.15, 0.2) is 0 Å². The van der Waals surface area contributed by atoms with Crippen LogP contribution >= 0.6 is 0 Å². The molecule has 19 heavy (non-hydrogen) atoms. The van der Waals surface area contributed by atoms with E-state index in [0.717, 1.165) is 11.8 Å². The lowest BCUT2D eigenvalue weighted by Gasteiger charge is -2.16. The number of nitrogens with two attached hydrogens (primary N) is 1. The highest BCUT2D eigenvalue weighted by molar-refractivity contribution is 5.22. The number of aromatic nitrogens is 2. The van der Waals surface area contributed by atoms with Gasteiger partial charge in [-0.1, -0.05) is 6.07 Å². The van der Waals surface area contributed by atoms with Gasteiger partial charge in [0.05, 0.1) is 19.3 Å². The van der Waals surface area contributed by atoms with Gasteiger partial charge in [-0.05, 0) is 23.6 Å². The molecule has 100 valence electrons. The van der Waals surface area contributed by atoms with E-state index in [4.69, 9.17) is 10.6 Å². The number of hydrogen-bond donors (Lipinski definition) is 2. The average molecular weight is 262 g/mol. The first-order chi connectivity index (χ1) is 9.22. The third kappa shape index (κ3) is 3.46. The maximum atomic E-state index is 13.1. The third-order valence-electron chi connectivity index (χ3n) is 2.78. The molecule has 2 rings (SSSR count). The van der Waals surface area contributed by atoms with Crippen molar-refractivity contribution in [2.75, 3.05) is 7.11 Å². The molecule has 0 fully saturated rings. The van der Waals surface area contributed by atoms with Crippen LogP contribution in [-0.2, 0) is 6.42 Å². The van der Waals surface area contributed by atoms with Gasteiger partial charge in [0, 0.05) is 18.5 Å². The molecule has 2 heterocycles. The van der Waals surface area contributed by atoms with Crippen molar-refractivity contribution in [2.24, 2.45) is 5.84 Å². The molecule has 0 saturated heterocycles. The summed E-state index contributed by atoms with van der Waals surface area (Å²) in [6.07, 6.45) is 5.03. The number of pyridine rings is 2. The minimum atomic E-state index is -0.384. The lowest BCUT2D eigenvalue weighted by Crippen LogP contribution is -2.29. The first-order valence-corrected chi connectivity index (χ1v) is 5.78. The summed E-state index contributed by atoms with van der Waals surface area (Å²) in [6.45, 7) is 0. The molecule has 2 aromatic rings. The number of hydrazine groups is 1. The number of nitrogens with one attached hydrogen (secondary N) is 1. The Morgan fingerprint density at radius 1 is 1.37 bits per heavy atom. The second-order valence-electron chi connectivity index (χ2n) is 4.07. The van der Waals surface area contributed by atoms with Crippen LogP contribution < -0.4 is 16.0 Å². The maximum Gasteiger partial charge on any atom is 0.212 e. The van der Waals surface area contributed by atoms with Crippen LogP contribution in [-0.4, -0.2) is 17.1 Å². The van der Waals surface area contributed by atoms with E-state index >= 15 is 0 Å². The summed E-state index contributed by atoms with van der Waals surface area (Å²) in [5.74, 6) is 5.68. The number of halogens is 1. The summed E-state index contributed by atoms with van der Waals surface area (Å²) in [4.78, 5) is 7.93. The van der Waals surface area contributed by atoms with Gasteiger partial charge in [0.1, 0.15) is 5.82 Å². The fourth-order valence-electron chi connectivity index (χ4n) is 1.78. The number of hydrogen-bond acceptors (Lipinski definition) is 5. The first kappa shape index (κ1) is 13.4. The minimum absolute atomic E-state index is 0.224. The lowest BCUT2D eigenvalue weighted by molar-refractivity contribution is 0.397. The highest BCUT2D eigenvalue weighted by atomic mass is 19.1. The smallest absolute Gasteiger partial charge is 0.212 e. The van der Waals surface area contributed by atoms with Crippen molar-refractivity contribution in [3.63, 3.8) is 0 Å². The van der Waals surface area contributed by atoms with Crippen LogP contribution in [0.1, 0.15) is 17.2 Å². The highest BCUT2D eigenvalue weighted by Crippen LogP contribution is 2.18. The molecule has 6 heteroatoms. The molecule has 2 aromatic heterocycles. The van der Waals surface area contributed by atoms with Crippen molar-refractivity contribution in [1.29, 1.82) is 0 Å². The zero-order valence-electron chi connectivity index (χ0n) is 10.5. The van der Waals surface area contributed by atoms with E-state index in [2.05, 4.69) is 15.4 Å². The Morgan fingerprint density at radius 2 is 2.21 bits per heavy atom. The van der Waals surface area contributed by atoms with Crippen LogP contribution in [0.4, 0.5) is 4.39 Å². The molecular weight excluding hydrogens is 247 g/mol. The number of rotatable bonds is 5. The fourth-order valence-corrected chi connectivity index (χ4v) is 1.78. The first-order valence-electron chi connectivity index (χ1n) is 5.78. The Hall–Kier alpha value is -2.05. The van der Waals surface area contributed by atoms with Gasteiger partial charge < -0.3 is 4.74 Å². The van der Waals surface area contributed by atoms with Crippen LogP contribution in [0.25, 0.3) is 0 Å². The van der Waals surface area contributed by atoms with Crippen LogP contribution in [0.15, 0.2) is 36.8 Å². The zero-order valence-corrected chi connectivity index (χ0v) is 10.5. The maximum absolute atomic E-state index is 13.1. The Kier molecular flexibility index (Phi) is 4.38. The molecule has 0 radical (unpaired) electrons. The summed E-state index contributed by atoms with van der Waals surface area (Å²) in [6, 6.07) is 4.85. The number of nitrogens with zero attached hydrogens (tertiary/aromatic N) is 2. The predicted octanol–water partition coefficient (Wildman–Crippen LogP) is 1.37. The van der Waals surface area contributed by atoms with Crippen LogP contribution in [0.5, 0.6) is 5.88 Å². The molecule has 3 N–H and O–H groups in total. The van der Waals surface area contributed by atoms with Gasteiger partial charge in [-0.3, -0.25) is 16.3 Å². The fraction of sp³-hybridized carbons (Fsp3) is 0.231. The Bertz CT molecular complexity index is 532. The zero-order chi connectivity index (χ0) is 13.7. The summed E-state index contributed by atoms with van der Waals surface area (Å²) in [5, 5.41) is 0. The molecule has 0 aliphatic carbocycles. The number of methoxy groups -OCH3 is 1. The van der Waals surface area contributed by atoms with E-state index in [-0.39, 0.29) is 11.9 Å². The molecule has 0 saturated carbocycles. The largest absolute Gasteiger partial charge is 0.481 e. The van der Waals surface area contributed by atoms with E-state index in [1.807, 2.05) is 6.07 Å². The molecule has 1 unspecified atom stereocenters. The summed E-state index contributed by atoms with van der Waals surface area (Å²) < 4.78 is 18.1. The van der Waals surface area contributed by atoms with E-state index in [9.17, 15) is 4.39 Å². The summed E-state index contributed by atoms with van der Waals surface area (Å²) >= 11 is 0. The van der Waals surface area contributed by atoms with Gasteiger partial charge in [-0.15, -0.1) is 0 Å². The van der Waals surface area contributed by atoms with Gasteiger partial charge in [0.2, 0.25) is 5.88 Å². The van der Waals surface area contributed by atoms with Crippen molar-refractivity contribution in [3.05, 3.63) is 53.7 Å². The van der Waals surface area contributed by atoms with Crippen LogP contribution in [0.2, 0.25) is 0 Å². The van der Waals surface area contributed by atoms with Crippen molar-refractivity contribution < 1.29 is 9.13 Å². The van der Waals surface area contributed by atoms with Gasteiger partial charge >= 0.3 is 0 Å². The quantitative estimate of drug-likeness (QED) is 0.629. The Labute approximate surface area is 110 Å². The average Bonchev–Trinajstić information content (AvgIpc) is 2.45. The second-order valence-corrected chi connectivity index (χ2v) is 4.07. The van der Waals surface area contributed by atoms with Gasteiger partial charge in [-0.2, -0.15) is 0 Å². The summed E-state index contributed by atoms with van der Waals surface area (Å²) in [7, 11) is 1.56. The molecular formula is C13H15FN4O. The SMILES string of the molecule is COc1ccc(CC(NN)c2cncc(F)c2)cn1. The summed E-state index contributed by atoms with van der Waals surface area (Å²) in [5.41, 5.74) is 4.32. The van der Waals surface area contributed by atoms with Crippen molar-refractivity contribution in [2.45, 2.75) is 12.5 Å². The van der Waals surface area contributed by atoms with Gasteiger partial charge in [0.25, 0.3) is 0 Å². The van der Waals surface area contributed by atoms with E-state index in [1.54, 1.807) is 25.6 Å². The molecule has 0 amide bonds. The molecule has 0 aliphatic heterocycles. The topological polar surface area (TPSA) is 73.1 Å². The second kappa shape index (κ2) is 6.21. The van der Waals surface area contributed by atoms with Crippen molar-refractivity contribution in [3.8, 4) is 5.88 Å². The highest BCUT2D eigenvalue weighted by Gasteiger charge is 2.12. The molecule has 0 aliphatic rings. The lowest BCUT2D eigenvalue weighted by atomic mass is 10.0. The third-order valence-corrected chi connectivity index (χ3v) is 2.78. The Morgan fingerprint density at radius 3 is 2.79 bits per heavy atom. The molecule has 0 spiro atoms. The van der Waals surface area contributed by atoms with Crippen molar-refractivity contribution in [1.82, 2.24) is 15.4 Å². The van der Waals surface area contributed by atoms with Crippen LogP contribution in [0, 0.1) is 5.82 Å². The van der Waals surface area contributed by atoms with Crippen LogP contribution in [0.3, 0.4) is 0 Å². The normalized spacial score (nSPS) is 12.2. The Balaban J connectivity index is 2.14. The standard InChI is InChI=1S/C13H15FN4O/c1-19-13-3-2-9(6-17-13)4-12(18-15)10-5-11(14)8-16-7-10/h2-3,5-8,12,18H,4,15H2,1H3. The molecule has 0 aromatic carbocycles. The number of ether oxygens (including phenoxy) is 1. The monoisotopic (exact) mass is 262 g/mol. The molecule has 0 bridgehead atoms. The van der Waals surface area contributed by atoms with Crippen molar-refractivity contribution >= 4 is 0 Å². The van der Waals surface area contributed by atoms with E-state index < -0.39 is 0 Å².